The van der Waals surface area contributed by atoms with Gasteiger partial charge in [0, 0.05) is 30.0 Å². The molecule has 1 aromatic rings. The fourth-order valence-electron chi connectivity index (χ4n) is 2.07. The Kier molecular flexibility index (Phi) is 6.17. The minimum atomic E-state index is -0.439. The molecule has 0 saturated heterocycles. The maximum atomic E-state index is 11.2. The van der Waals surface area contributed by atoms with Crippen LogP contribution in [0.3, 0.4) is 0 Å². The van der Waals surface area contributed by atoms with E-state index in [2.05, 4.69) is 10.5 Å². The number of oxime groups is 1. The van der Waals surface area contributed by atoms with Crippen LogP contribution in [0, 0.1) is 0 Å². The van der Waals surface area contributed by atoms with Crippen LogP contribution in [0.5, 0.6) is 0 Å². The summed E-state index contributed by atoms with van der Waals surface area (Å²) in [5, 5.41) is 8.00. The summed E-state index contributed by atoms with van der Waals surface area (Å²) in [7, 11) is 0. The van der Waals surface area contributed by atoms with Gasteiger partial charge in [-0.05, 0) is 19.1 Å². The normalized spacial score (nSPS) is 16.9. The molecule has 1 heterocycles. The van der Waals surface area contributed by atoms with E-state index < -0.39 is 6.09 Å². The number of nitrogens with zero attached hydrogens (tertiary/aromatic N) is 1. The number of ether oxygens (including phenoxy) is 1. The molecule has 2 rings (SSSR count). The molecule has 22 heavy (non-hydrogen) atoms. The average Bonchev–Trinajstić information content (AvgIpc) is 2.86. The number of hydrogen-bond acceptors (Lipinski definition) is 4. The van der Waals surface area contributed by atoms with Gasteiger partial charge in [-0.3, -0.25) is 0 Å². The van der Waals surface area contributed by atoms with Gasteiger partial charge in [0.15, 0.2) is 0 Å². The zero-order chi connectivity index (χ0) is 16.1. The molecule has 1 unspecified atom stereocenters. The molecular weight excluding hydrogens is 351 g/mol. The van der Waals surface area contributed by atoms with Crippen molar-refractivity contribution >= 4 is 46.6 Å². The van der Waals surface area contributed by atoms with Crippen LogP contribution in [0.25, 0.3) is 0 Å². The molecule has 5 nitrogen and oxygen atoms in total. The Morgan fingerprint density at radius 2 is 2.09 bits per heavy atom. The van der Waals surface area contributed by atoms with Crippen LogP contribution in [0.1, 0.15) is 25.3 Å². The van der Waals surface area contributed by atoms with E-state index in [1.54, 1.807) is 19.1 Å². The Bertz CT molecular complexity index is 570. The van der Waals surface area contributed by atoms with Crippen LogP contribution in [0.2, 0.25) is 15.1 Å². The van der Waals surface area contributed by atoms with E-state index in [4.69, 9.17) is 44.4 Å². The fraction of sp³-hybridized carbons (Fsp3) is 0.429. The Morgan fingerprint density at radius 3 is 2.73 bits per heavy atom. The van der Waals surface area contributed by atoms with E-state index >= 15 is 0 Å². The van der Waals surface area contributed by atoms with Gasteiger partial charge in [-0.2, -0.15) is 0 Å². The summed E-state index contributed by atoms with van der Waals surface area (Å²) < 4.78 is 4.77. The summed E-state index contributed by atoms with van der Waals surface area (Å²) in [6.45, 7) is 2.53. The maximum absolute atomic E-state index is 11.2. The lowest BCUT2D eigenvalue weighted by Gasteiger charge is -2.09. The lowest BCUT2D eigenvalue weighted by atomic mass is 10.0. The zero-order valence-electron chi connectivity index (χ0n) is 11.9. The quantitative estimate of drug-likeness (QED) is 0.847. The van der Waals surface area contributed by atoms with Gasteiger partial charge in [0.2, 0.25) is 0 Å². The highest BCUT2D eigenvalue weighted by Gasteiger charge is 2.25. The summed E-state index contributed by atoms with van der Waals surface area (Å²) in [6.07, 6.45) is 0.588. The number of nitrogens with one attached hydrogen (secondary N) is 1. The molecule has 1 atom stereocenters. The SMILES string of the molecule is CCOC(=O)NCCC1CC(c2c(Cl)cc(Cl)cc2Cl)=NO1. The first kappa shape index (κ1) is 17.2. The second-order valence-corrected chi connectivity index (χ2v) is 5.90. The molecule has 120 valence electrons. The summed E-state index contributed by atoms with van der Waals surface area (Å²) >= 11 is 18.2. The lowest BCUT2D eigenvalue weighted by molar-refractivity contribution is 0.0784. The maximum Gasteiger partial charge on any atom is 0.407 e. The van der Waals surface area contributed by atoms with Gasteiger partial charge in [0.25, 0.3) is 0 Å². The van der Waals surface area contributed by atoms with Crippen molar-refractivity contribution in [2.24, 2.45) is 5.16 Å². The molecule has 8 heteroatoms. The number of benzene rings is 1. The summed E-state index contributed by atoms with van der Waals surface area (Å²) in [4.78, 5) is 16.5. The first-order chi connectivity index (χ1) is 10.5. The monoisotopic (exact) mass is 364 g/mol. The molecule has 1 aliphatic heterocycles. The van der Waals surface area contributed by atoms with E-state index in [0.29, 0.717) is 52.3 Å². The lowest BCUT2D eigenvalue weighted by Crippen LogP contribution is -2.27. The number of halogens is 3. The van der Waals surface area contributed by atoms with E-state index in [0.717, 1.165) is 0 Å². The van der Waals surface area contributed by atoms with E-state index in [1.165, 1.54) is 0 Å². The molecule has 1 aliphatic rings. The number of amides is 1. The van der Waals surface area contributed by atoms with Crippen molar-refractivity contribution < 1.29 is 14.4 Å². The topological polar surface area (TPSA) is 59.9 Å². The van der Waals surface area contributed by atoms with Gasteiger partial charge in [-0.1, -0.05) is 40.0 Å². The number of carbonyl (C=O) groups excluding carboxylic acids is 1. The summed E-state index contributed by atoms with van der Waals surface area (Å²) in [5.41, 5.74) is 1.31. The van der Waals surface area contributed by atoms with Gasteiger partial charge in [0.05, 0.1) is 22.4 Å². The van der Waals surface area contributed by atoms with Crippen molar-refractivity contribution in [2.75, 3.05) is 13.2 Å². The number of rotatable bonds is 5. The molecule has 0 radical (unpaired) electrons. The van der Waals surface area contributed by atoms with Crippen molar-refractivity contribution in [1.82, 2.24) is 5.32 Å². The molecule has 0 spiro atoms. The molecule has 0 aliphatic carbocycles. The molecule has 0 bridgehead atoms. The number of alkyl carbamates (subject to hydrolysis) is 1. The standard InChI is InChI=1S/C14H15Cl3N2O3/c1-2-21-14(20)18-4-3-9-7-12(19-22-9)13-10(16)5-8(15)6-11(13)17/h5-6,9H,2-4,7H2,1H3,(H,18,20). The molecular formula is C14H15Cl3N2O3. The van der Waals surface area contributed by atoms with Crippen LogP contribution in [0.15, 0.2) is 17.3 Å². The predicted octanol–water partition coefficient (Wildman–Crippen LogP) is 4.28. The van der Waals surface area contributed by atoms with E-state index in [-0.39, 0.29) is 6.10 Å². The van der Waals surface area contributed by atoms with Crippen LogP contribution >= 0.6 is 34.8 Å². The largest absolute Gasteiger partial charge is 0.450 e. The van der Waals surface area contributed by atoms with Gasteiger partial charge in [-0.15, -0.1) is 0 Å². The van der Waals surface area contributed by atoms with Crippen molar-refractivity contribution in [2.45, 2.75) is 25.9 Å². The third-order valence-electron chi connectivity index (χ3n) is 3.04. The first-order valence-electron chi connectivity index (χ1n) is 6.79. The Labute approximate surface area is 143 Å². The van der Waals surface area contributed by atoms with Crippen LogP contribution in [-0.4, -0.2) is 31.1 Å². The number of hydrogen-bond donors (Lipinski definition) is 1. The minimum Gasteiger partial charge on any atom is -0.450 e. The summed E-state index contributed by atoms with van der Waals surface area (Å²) in [5.74, 6) is 0. The zero-order valence-corrected chi connectivity index (χ0v) is 14.1. The van der Waals surface area contributed by atoms with Crippen molar-refractivity contribution in [3.8, 4) is 0 Å². The highest BCUT2D eigenvalue weighted by Crippen LogP contribution is 2.32. The highest BCUT2D eigenvalue weighted by atomic mass is 35.5. The summed E-state index contributed by atoms with van der Waals surface area (Å²) in [6, 6.07) is 3.23. The second kappa shape index (κ2) is 7.90. The second-order valence-electron chi connectivity index (χ2n) is 4.65. The third kappa shape index (κ3) is 4.41. The van der Waals surface area contributed by atoms with Crippen molar-refractivity contribution in [3.05, 3.63) is 32.8 Å². The Balaban J connectivity index is 1.89. The van der Waals surface area contributed by atoms with Crippen molar-refractivity contribution in [1.29, 1.82) is 0 Å². The van der Waals surface area contributed by atoms with Gasteiger partial charge in [-0.25, -0.2) is 4.79 Å². The van der Waals surface area contributed by atoms with Gasteiger partial charge >= 0.3 is 6.09 Å². The van der Waals surface area contributed by atoms with Crippen molar-refractivity contribution in [3.63, 3.8) is 0 Å². The van der Waals surface area contributed by atoms with E-state index in [1.807, 2.05) is 0 Å². The predicted molar refractivity (Wildman–Crippen MR) is 87.1 cm³/mol. The van der Waals surface area contributed by atoms with Gasteiger partial charge < -0.3 is 14.9 Å². The van der Waals surface area contributed by atoms with Crippen LogP contribution in [-0.2, 0) is 9.57 Å². The van der Waals surface area contributed by atoms with E-state index in [9.17, 15) is 4.79 Å². The van der Waals surface area contributed by atoms with Crippen LogP contribution in [0.4, 0.5) is 4.79 Å². The highest BCUT2D eigenvalue weighted by molar-refractivity contribution is 6.42. The molecule has 1 aromatic carbocycles. The van der Waals surface area contributed by atoms with Crippen LogP contribution < -0.4 is 5.32 Å². The minimum absolute atomic E-state index is 0.139. The Morgan fingerprint density at radius 1 is 1.41 bits per heavy atom. The Hall–Kier alpha value is -1.17. The number of carbonyl (C=O) groups is 1. The van der Waals surface area contributed by atoms with Gasteiger partial charge in [0.1, 0.15) is 6.10 Å². The molecule has 0 fully saturated rings. The molecule has 1 amide bonds. The first-order valence-corrected chi connectivity index (χ1v) is 7.93. The third-order valence-corrected chi connectivity index (χ3v) is 3.85. The molecule has 1 N–H and O–H groups in total. The molecule has 0 saturated carbocycles. The average molecular weight is 366 g/mol. The smallest absolute Gasteiger partial charge is 0.407 e. The molecule has 0 aromatic heterocycles. The fourth-order valence-corrected chi connectivity index (χ4v) is 3.10.